The largest absolute Gasteiger partial charge is 0.309 e. The SMILES string of the molecule is c1ccc(-c2nc(-c3ccccc3)nc(-c3ccc4c(c3)c3ccc5c6cc(-n7c8ccccc8c8ccccc87)ccc6c6cccc7c6c5c3n47)n2)cc1.c1ccc(-c2nc(-c3ccccc3)nc(-c3ccc4c5ccc6c7cc(-n8c9ccccc9c9ccccc98)ccc7c7cccc8c7c6c5n8c4c3)n2)cc1.c1ccc2c(c1)sc1c(-c3ccc4c(c3)c3ccc5c6ccccc6n6c7cccc4c7c3c56)cccc12. The van der Waals surface area contributed by atoms with Gasteiger partial charge in [0.1, 0.15) is 0 Å². The van der Waals surface area contributed by atoms with Gasteiger partial charge >= 0.3 is 0 Å². The smallest absolute Gasteiger partial charge is 0.164 e. The molecule has 0 radical (unpaired) electrons. The Kier molecular flexibility index (Phi) is 16.7. The van der Waals surface area contributed by atoms with Gasteiger partial charge in [-0.2, -0.15) is 0 Å². The van der Waals surface area contributed by atoms with E-state index in [1.807, 2.05) is 84.1 Å². The second kappa shape index (κ2) is 30.8. The normalized spacial score (nSPS) is 12.4. The predicted molar refractivity (Wildman–Crippen MR) is 628 cm³/mol. The van der Waals surface area contributed by atoms with Crippen LogP contribution in [0.1, 0.15) is 0 Å². The average Bonchev–Trinajstić information content (AvgIpc) is 1.52. The van der Waals surface area contributed by atoms with Gasteiger partial charge in [-0.25, -0.2) is 29.9 Å². The van der Waals surface area contributed by atoms with E-state index in [1.165, 1.54) is 260 Å². The zero-order chi connectivity index (χ0) is 97.5. The van der Waals surface area contributed by atoms with Crippen molar-refractivity contribution in [3.63, 3.8) is 0 Å². The molecule has 0 aliphatic rings. The minimum absolute atomic E-state index is 0.653. The van der Waals surface area contributed by atoms with Gasteiger partial charge in [-0.15, -0.1) is 11.3 Å². The summed E-state index contributed by atoms with van der Waals surface area (Å²) in [6.07, 6.45) is 0. The molecular weight excluding hydrogens is 1840 g/mol. The van der Waals surface area contributed by atoms with Crippen LogP contribution in [-0.4, -0.2) is 52.2 Å². The number of benzene rings is 25. The number of hydrogen-bond donors (Lipinski definition) is 0. The Hall–Kier alpha value is -19.9. The third kappa shape index (κ3) is 11.4. The van der Waals surface area contributed by atoms with E-state index in [9.17, 15) is 0 Å². The van der Waals surface area contributed by atoms with E-state index in [0.29, 0.717) is 34.9 Å². The first-order valence-electron chi connectivity index (χ1n) is 51.2. The summed E-state index contributed by atoms with van der Waals surface area (Å²) in [5.74, 6) is 3.94. The van der Waals surface area contributed by atoms with Gasteiger partial charge < -0.3 is 22.3 Å². The van der Waals surface area contributed by atoms with E-state index in [0.717, 1.165) is 38.9 Å². The van der Waals surface area contributed by atoms with Crippen molar-refractivity contribution in [3.05, 3.63) is 467 Å². The third-order valence-electron chi connectivity index (χ3n) is 32.4. The fourth-order valence-electron chi connectivity index (χ4n) is 26.1. The number of rotatable bonds is 9. The summed E-state index contributed by atoms with van der Waals surface area (Å²) < 4.78 is 15.0. The summed E-state index contributed by atoms with van der Waals surface area (Å²) in [5, 5.41) is 38.9. The van der Waals surface area contributed by atoms with E-state index in [4.69, 9.17) is 29.9 Å². The van der Waals surface area contributed by atoms with E-state index in [2.05, 4.69) is 417 Å². The van der Waals surface area contributed by atoms with Gasteiger partial charge in [0.05, 0.1) is 71.7 Å². The monoisotopic (exact) mass is 1920 g/mol. The topological polar surface area (TPSA) is 100 Å². The van der Waals surface area contributed by atoms with Crippen molar-refractivity contribution in [3.8, 4) is 90.8 Å². The molecule has 0 atom stereocenters. The summed E-state index contributed by atoms with van der Waals surface area (Å²) in [5.41, 5.74) is 26.8. The number of nitrogens with zero attached hydrogens (tertiary/aromatic N) is 11. The number of aromatic nitrogens is 11. The first-order chi connectivity index (χ1) is 74.4. The molecule has 150 heavy (non-hydrogen) atoms. The van der Waals surface area contributed by atoms with Crippen molar-refractivity contribution >= 4 is 254 Å². The van der Waals surface area contributed by atoms with Crippen LogP contribution >= 0.6 is 11.3 Å². The summed E-state index contributed by atoms with van der Waals surface area (Å²) in [7, 11) is 0. The molecule has 36 rings (SSSR count). The minimum atomic E-state index is 0.653. The van der Waals surface area contributed by atoms with Crippen LogP contribution in [0.3, 0.4) is 0 Å². The van der Waals surface area contributed by atoms with Gasteiger partial charge in [0.25, 0.3) is 0 Å². The van der Waals surface area contributed by atoms with Crippen LogP contribution in [0.4, 0.5) is 0 Å². The lowest BCUT2D eigenvalue weighted by atomic mass is 9.91. The number of para-hydroxylation sites is 5. The lowest BCUT2D eigenvalue weighted by Crippen LogP contribution is -2.00. The molecule has 36 aromatic rings. The van der Waals surface area contributed by atoms with Crippen molar-refractivity contribution in [1.82, 2.24) is 52.2 Å². The number of thiophene rings is 1. The van der Waals surface area contributed by atoms with E-state index in [1.54, 1.807) is 0 Å². The summed E-state index contributed by atoms with van der Waals surface area (Å²) in [6.45, 7) is 0. The first-order valence-corrected chi connectivity index (χ1v) is 52.0. The van der Waals surface area contributed by atoms with Gasteiger partial charge in [-0.1, -0.05) is 358 Å². The standard InChI is InChI=1S/2C51H29N5.C36H19NS/c1-3-12-30(13-4-1)49-52-50(31-14-5-2-6-15-31)54-51(53-49)32-22-27-44-41(28-32)39-26-25-38-40-29-33(55-42-19-9-7-16-35(42)36-17-8-10-20-43(36)55)23-24-34(40)37-18-11-21-45-46(37)47(38)48(39)56(44)45;1-3-12-30(13-4-1)49-52-50(31-14-5-2-6-15-31)54-51(53-49)32-22-24-37-40-27-26-39-41-29-33(55-42-19-9-7-16-35(42)36-17-8-10-20-43(36)55)23-25-34(41)38-18-11-21-44-46(38)47(39)48(40)56(44)45(37)28-32;1-3-12-30-23(7-1)27-18-17-26-29-19-20(21-9-5-11-28-24-8-2-4-14-32(24)38-36(21)28)15-16-22(29)25-10-6-13-31-33(25)34(26)35(27)37(30)31/h2*1-29H;1-19H. The Morgan fingerprint density at radius 3 is 0.873 bits per heavy atom. The Balaban J connectivity index is 0.0000000976. The molecule has 0 saturated carbocycles. The van der Waals surface area contributed by atoms with Crippen LogP contribution in [0.15, 0.2) is 467 Å². The zero-order valence-corrected chi connectivity index (χ0v) is 81.1. The maximum atomic E-state index is 5.07. The fourth-order valence-corrected chi connectivity index (χ4v) is 27.3. The van der Waals surface area contributed by atoms with Gasteiger partial charge in [0, 0.05) is 151 Å². The van der Waals surface area contributed by atoms with E-state index >= 15 is 0 Å². The predicted octanol–water partition coefficient (Wildman–Crippen LogP) is 36.3. The Morgan fingerprint density at radius 2 is 0.427 bits per heavy atom. The van der Waals surface area contributed by atoms with Crippen molar-refractivity contribution in [2.45, 2.75) is 0 Å². The highest BCUT2D eigenvalue weighted by Gasteiger charge is 2.31. The van der Waals surface area contributed by atoms with Crippen LogP contribution < -0.4 is 0 Å². The highest BCUT2D eigenvalue weighted by Crippen LogP contribution is 2.55. The lowest BCUT2D eigenvalue weighted by Gasteiger charge is -2.13. The Bertz CT molecular complexity index is 11700. The number of fused-ring (bicyclic) bond motifs is 30. The molecule has 0 aliphatic heterocycles. The maximum absolute atomic E-state index is 5.07. The summed E-state index contributed by atoms with van der Waals surface area (Å²) in [4.78, 5) is 30.1. The quantitative estimate of drug-likeness (QED) is 0.133. The van der Waals surface area contributed by atoms with Gasteiger partial charge in [-0.05, 0) is 185 Å². The van der Waals surface area contributed by atoms with Crippen LogP contribution in [0.2, 0.25) is 0 Å². The Labute approximate surface area is 857 Å². The second-order valence-corrected chi connectivity index (χ2v) is 41.1. The molecule has 0 spiro atoms. The molecule has 11 aromatic heterocycles. The minimum Gasteiger partial charge on any atom is -0.309 e. The van der Waals surface area contributed by atoms with Crippen molar-refractivity contribution < 1.29 is 0 Å². The highest BCUT2D eigenvalue weighted by molar-refractivity contribution is 7.26. The zero-order valence-electron chi connectivity index (χ0n) is 80.3. The molecule has 25 aromatic carbocycles. The highest BCUT2D eigenvalue weighted by atomic mass is 32.1. The van der Waals surface area contributed by atoms with E-state index < -0.39 is 0 Å². The van der Waals surface area contributed by atoms with Gasteiger partial charge in [-0.3, -0.25) is 0 Å². The molecule has 0 bridgehead atoms. The van der Waals surface area contributed by atoms with Crippen LogP contribution in [-0.2, 0) is 0 Å². The lowest BCUT2D eigenvalue weighted by molar-refractivity contribution is 1.07. The van der Waals surface area contributed by atoms with E-state index in [-0.39, 0.29) is 0 Å². The molecule has 0 saturated heterocycles. The second-order valence-electron chi connectivity index (χ2n) is 40.1. The number of hydrogen-bond acceptors (Lipinski definition) is 7. The molecule has 0 fully saturated rings. The van der Waals surface area contributed by atoms with Crippen LogP contribution in [0.5, 0.6) is 0 Å². The molecule has 11 nitrogen and oxygen atoms in total. The molecular formula is C138H77N11S. The molecule has 0 unspecified atom stereocenters. The van der Waals surface area contributed by atoms with Crippen molar-refractivity contribution in [2.75, 3.05) is 0 Å². The molecule has 0 N–H and O–H groups in total. The molecule has 690 valence electrons. The average molecular weight is 1920 g/mol. The molecule has 11 heterocycles. The summed E-state index contributed by atoms with van der Waals surface area (Å²) in [6, 6.07) is 169. The summed E-state index contributed by atoms with van der Waals surface area (Å²) >= 11 is 1.90. The molecule has 0 amide bonds. The fraction of sp³-hybridized carbons (Fsp3) is 0. The van der Waals surface area contributed by atoms with Crippen LogP contribution in [0, 0.1) is 0 Å². The van der Waals surface area contributed by atoms with Gasteiger partial charge in [0.15, 0.2) is 34.9 Å². The molecule has 0 aliphatic carbocycles. The first kappa shape index (κ1) is 81.5. The van der Waals surface area contributed by atoms with Crippen LogP contribution in [0.25, 0.3) is 334 Å². The Morgan fingerprint density at radius 1 is 0.147 bits per heavy atom. The van der Waals surface area contributed by atoms with Crippen molar-refractivity contribution in [1.29, 1.82) is 0 Å². The third-order valence-corrected chi connectivity index (χ3v) is 33.6. The molecule has 12 heteroatoms. The maximum Gasteiger partial charge on any atom is 0.164 e. The van der Waals surface area contributed by atoms with Crippen molar-refractivity contribution in [2.24, 2.45) is 0 Å². The van der Waals surface area contributed by atoms with Gasteiger partial charge in [0.2, 0.25) is 0 Å².